The van der Waals surface area contributed by atoms with E-state index in [1.165, 1.54) is 35.0 Å². The van der Waals surface area contributed by atoms with Gasteiger partial charge in [0.15, 0.2) is 6.29 Å². The number of rotatable bonds is 5. The first kappa shape index (κ1) is 13.4. The van der Waals surface area contributed by atoms with Crippen LogP contribution in [0.1, 0.15) is 20.8 Å². The second kappa shape index (κ2) is 4.25. The molecule has 2 N–H and O–H groups in total. The molecule has 0 bridgehead atoms. The molecule has 84 valence electrons. The Hall–Kier alpha value is -0.650. The third kappa shape index (κ3) is 2.05. The standard InChI is InChI=1S/C9H18O5/c1-8(2,6(10)11)9(3,12)7(13-4)14-5/h7,12H,1-5H3,(H,10,11). The van der Waals surface area contributed by atoms with Gasteiger partial charge in [-0.1, -0.05) is 0 Å². The van der Waals surface area contributed by atoms with E-state index in [9.17, 15) is 9.90 Å². The number of aliphatic hydroxyl groups is 1. The molecule has 0 aromatic rings. The highest BCUT2D eigenvalue weighted by Crippen LogP contribution is 2.35. The van der Waals surface area contributed by atoms with Gasteiger partial charge in [0.05, 0.1) is 5.41 Å². The lowest BCUT2D eigenvalue weighted by Crippen LogP contribution is -2.56. The van der Waals surface area contributed by atoms with Crippen LogP contribution in [0.15, 0.2) is 0 Å². The topological polar surface area (TPSA) is 76.0 Å². The normalized spacial score (nSPS) is 16.8. The Morgan fingerprint density at radius 1 is 1.21 bits per heavy atom. The van der Waals surface area contributed by atoms with Gasteiger partial charge in [-0.25, -0.2) is 0 Å². The van der Waals surface area contributed by atoms with Gasteiger partial charge in [0.2, 0.25) is 0 Å². The number of hydrogen-bond acceptors (Lipinski definition) is 4. The van der Waals surface area contributed by atoms with Crippen molar-refractivity contribution in [3.63, 3.8) is 0 Å². The lowest BCUT2D eigenvalue weighted by atomic mass is 9.75. The number of carboxylic acids is 1. The molecule has 5 nitrogen and oxygen atoms in total. The number of carboxylic acid groups (broad SMARTS) is 1. The molecule has 0 saturated heterocycles. The summed E-state index contributed by atoms with van der Waals surface area (Å²) in [5, 5.41) is 19.0. The molecule has 5 heteroatoms. The molecular weight excluding hydrogens is 188 g/mol. The van der Waals surface area contributed by atoms with Crippen LogP contribution < -0.4 is 0 Å². The zero-order valence-corrected chi connectivity index (χ0v) is 9.20. The summed E-state index contributed by atoms with van der Waals surface area (Å²) in [6.07, 6.45) is -0.978. The lowest BCUT2D eigenvalue weighted by molar-refractivity contribution is -0.247. The summed E-state index contributed by atoms with van der Waals surface area (Å²) in [6.45, 7) is 4.21. The molecule has 1 unspecified atom stereocenters. The zero-order chi connectivity index (χ0) is 11.6. The van der Waals surface area contributed by atoms with E-state index >= 15 is 0 Å². The monoisotopic (exact) mass is 206 g/mol. The van der Waals surface area contributed by atoms with Crippen molar-refractivity contribution in [2.24, 2.45) is 5.41 Å². The van der Waals surface area contributed by atoms with Gasteiger partial charge in [0.25, 0.3) is 0 Å². The van der Waals surface area contributed by atoms with Gasteiger partial charge in [-0.05, 0) is 20.8 Å². The Labute approximate surface area is 83.6 Å². The fourth-order valence-corrected chi connectivity index (χ4v) is 1.07. The Bertz CT molecular complexity index is 205. The fourth-order valence-electron chi connectivity index (χ4n) is 1.07. The maximum absolute atomic E-state index is 10.9. The highest BCUT2D eigenvalue weighted by Gasteiger charge is 2.51. The average molecular weight is 206 g/mol. The van der Waals surface area contributed by atoms with Crippen molar-refractivity contribution in [3.05, 3.63) is 0 Å². The lowest BCUT2D eigenvalue weighted by Gasteiger charge is -2.40. The van der Waals surface area contributed by atoms with E-state index in [-0.39, 0.29) is 0 Å². The van der Waals surface area contributed by atoms with Gasteiger partial charge in [0, 0.05) is 14.2 Å². The van der Waals surface area contributed by atoms with Gasteiger partial charge in [-0.2, -0.15) is 0 Å². The highest BCUT2D eigenvalue weighted by molar-refractivity contribution is 5.75. The molecule has 0 saturated carbocycles. The molecule has 0 aliphatic carbocycles. The third-order valence-corrected chi connectivity index (χ3v) is 2.69. The van der Waals surface area contributed by atoms with Crippen LogP contribution in [-0.2, 0) is 14.3 Å². The summed E-state index contributed by atoms with van der Waals surface area (Å²) in [4.78, 5) is 10.9. The molecule has 1 atom stereocenters. The molecular formula is C9H18O5. The van der Waals surface area contributed by atoms with E-state index in [1.54, 1.807) is 0 Å². The predicted molar refractivity (Wildman–Crippen MR) is 49.8 cm³/mol. The number of ether oxygens (including phenoxy) is 2. The van der Waals surface area contributed by atoms with Gasteiger partial charge in [0.1, 0.15) is 5.60 Å². The molecule has 0 aliphatic rings. The van der Waals surface area contributed by atoms with Crippen LogP contribution in [0.25, 0.3) is 0 Å². The highest BCUT2D eigenvalue weighted by atomic mass is 16.7. The summed E-state index contributed by atoms with van der Waals surface area (Å²) < 4.78 is 9.73. The van der Waals surface area contributed by atoms with E-state index in [1.807, 2.05) is 0 Å². The molecule has 0 amide bonds. The first-order valence-electron chi connectivity index (χ1n) is 4.23. The molecule has 0 rings (SSSR count). The maximum atomic E-state index is 10.9. The SMILES string of the molecule is COC(OC)C(C)(O)C(C)(C)C(=O)O. The summed E-state index contributed by atoms with van der Waals surface area (Å²) in [6, 6.07) is 0. The van der Waals surface area contributed by atoms with Crippen LogP contribution in [0.4, 0.5) is 0 Å². The molecule has 0 spiro atoms. The van der Waals surface area contributed by atoms with Crippen LogP contribution in [0.2, 0.25) is 0 Å². The quantitative estimate of drug-likeness (QED) is 0.639. The average Bonchev–Trinajstić information content (AvgIpc) is 2.05. The first-order valence-corrected chi connectivity index (χ1v) is 4.23. The minimum atomic E-state index is -1.61. The van der Waals surface area contributed by atoms with Crippen molar-refractivity contribution < 1.29 is 24.5 Å². The Kier molecular flexibility index (Phi) is 4.05. The summed E-state index contributed by atoms with van der Waals surface area (Å²) >= 11 is 0. The Morgan fingerprint density at radius 2 is 1.57 bits per heavy atom. The van der Waals surface area contributed by atoms with Gasteiger partial charge in [-0.15, -0.1) is 0 Å². The number of hydrogen-bond donors (Lipinski definition) is 2. The van der Waals surface area contributed by atoms with Gasteiger partial charge >= 0.3 is 5.97 Å². The van der Waals surface area contributed by atoms with Crippen molar-refractivity contribution in [1.29, 1.82) is 0 Å². The van der Waals surface area contributed by atoms with Gasteiger partial charge in [-0.3, -0.25) is 4.79 Å². The van der Waals surface area contributed by atoms with Crippen molar-refractivity contribution in [2.75, 3.05) is 14.2 Å². The minimum absolute atomic E-state index is 0.978. The molecule has 0 heterocycles. The zero-order valence-electron chi connectivity index (χ0n) is 9.20. The molecule has 0 aromatic carbocycles. The Morgan fingerprint density at radius 3 is 1.79 bits per heavy atom. The minimum Gasteiger partial charge on any atom is -0.481 e. The number of methoxy groups -OCH3 is 2. The van der Waals surface area contributed by atoms with Crippen LogP contribution in [0.3, 0.4) is 0 Å². The maximum Gasteiger partial charge on any atom is 0.312 e. The summed E-state index contributed by atoms with van der Waals surface area (Å²) in [5.41, 5.74) is -2.97. The van der Waals surface area contributed by atoms with Crippen molar-refractivity contribution >= 4 is 5.97 Å². The summed E-state index contributed by atoms with van der Waals surface area (Å²) in [5.74, 6) is -1.11. The molecule has 0 aromatic heterocycles. The summed E-state index contributed by atoms with van der Waals surface area (Å²) in [7, 11) is 2.70. The predicted octanol–water partition coefficient (Wildman–Crippen LogP) is 0.467. The number of carbonyl (C=O) groups is 1. The van der Waals surface area contributed by atoms with Crippen LogP contribution >= 0.6 is 0 Å². The van der Waals surface area contributed by atoms with Crippen LogP contribution in [0, 0.1) is 5.41 Å². The third-order valence-electron chi connectivity index (χ3n) is 2.69. The molecule has 14 heavy (non-hydrogen) atoms. The van der Waals surface area contributed by atoms with E-state index in [4.69, 9.17) is 14.6 Å². The van der Waals surface area contributed by atoms with Crippen molar-refractivity contribution in [2.45, 2.75) is 32.7 Å². The second-order valence-electron chi connectivity index (χ2n) is 3.88. The largest absolute Gasteiger partial charge is 0.481 e. The first-order chi connectivity index (χ1) is 6.21. The smallest absolute Gasteiger partial charge is 0.312 e. The van der Waals surface area contributed by atoms with Crippen molar-refractivity contribution in [3.8, 4) is 0 Å². The molecule has 0 fully saturated rings. The Balaban J connectivity index is 5.00. The van der Waals surface area contributed by atoms with E-state index in [0.717, 1.165) is 0 Å². The van der Waals surface area contributed by atoms with Crippen LogP contribution in [-0.4, -0.2) is 42.3 Å². The van der Waals surface area contributed by atoms with Crippen molar-refractivity contribution in [1.82, 2.24) is 0 Å². The van der Waals surface area contributed by atoms with E-state index in [2.05, 4.69) is 0 Å². The van der Waals surface area contributed by atoms with Gasteiger partial charge < -0.3 is 19.7 Å². The second-order valence-corrected chi connectivity index (χ2v) is 3.88. The van der Waals surface area contributed by atoms with Crippen LogP contribution in [0.5, 0.6) is 0 Å². The molecule has 0 aliphatic heterocycles. The molecule has 0 radical (unpaired) electrons. The van der Waals surface area contributed by atoms with E-state index < -0.39 is 23.3 Å². The fraction of sp³-hybridized carbons (Fsp3) is 0.889. The number of aliphatic carboxylic acids is 1. The van der Waals surface area contributed by atoms with E-state index in [0.29, 0.717) is 0 Å².